The van der Waals surface area contributed by atoms with Gasteiger partial charge < -0.3 is 29.7 Å². The molecular weight excluding hydrogens is 408 g/mol. The topological polar surface area (TPSA) is 0 Å². The Bertz CT molecular complexity index is 346. The molecule has 0 aromatic heterocycles. The Balaban J connectivity index is 0. The summed E-state index contributed by atoms with van der Waals surface area (Å²) in [5, 5.41) is 0. The van der Waals surface area contributed by atoms with Gasteiger partial charge >= 0.3 is 26.2 Å². The van der Waals surface area contributed by atoms with E-state index in [-0.39, 0.29) is 55.9 Å². The first kappa shape index (κ1) is 29.3. The van der Waals surface area contributed by atoms with Crippen LogP contribution in [0.5, 0.6) is 0 Å². The van der Waals surface area contributed by atoms with Crippen molar-refractivity contribution >= 4 is 8.07 Å². The van der Waals surface area contributed by atoms with Gasteiger partial charge in [0.05, 0.1) is 8.07 Å². The second-order valence-corrected chi connectivity index (χ2v) is 14.7. The van der Waals surface area contributed by atoms with Gasteiger partial charge in [-0.25, -0.2) is 0 Å². The van der Waals surface area contributed by atoms with Crippen LogP contribution in [0.4, 0.5) is 0 Å². The zero-order valence-electron chi connectivity index (χ0n) is 18.9. The summed E-state index contributed by atoms with van der Waals surface area (Å²) in [4.78, 5) is 0. The maximum atomic E-state index is 2.83. The van der Waals surface area contributed by atoms with Crippen LogP contribution in [0.15, 0.2) is 0 Å². The third kappa shape index (κ3) is 5.17. The van der Waals surface area contributed by atoms with Crippen molar-refractivity contribution in [3.8, 4) is 0 Å². The third-order valence-electron chi connectivity index (χ3n) is 8.58. The molecule has 0 heterocycles. The van der Waals surface area contributed by atoms with Crippen molar-refractivity contribution in [3.63, 3.8) is 0 Å². The second-order valence-electron chi connectivity index (χ2n) is 9.61. The molecule has 0 saturated heterocycles. The molecule has 0 aromatic rings. The predicted octanol–water partition coefficient (Wildman–Crippen LogP) is 8.43. The summed E-state index contributed by atoms with van der Waals surface area (Å²) in [6.45, 7) is 5.66. The average molecular weight is 456 g/mol. The van der Waals surface area contributed by atoms with E-state index in [0.29, 0.717) is 0 Å². The zero-order valence-corrected chi connectivity index (χ0v) is 22.4. The fourth-order valence-corrected chi connectivity index (χ4v) is 13.0. The van der Waals surface area contributed by atoms with E-state index in [1.165, 1.54) is 22.9 Å². The Morgan fingerprint density at radius 1 is 0.500 bits per heavy atom. The van der Waals surface area contributed by atoms with Gasteiger partial charge in [-0.3, -0.25) is 0 Å². The van der Waals surface area contributed by atoms with Crippen LogP contribution in [-0.4, -0.2) is 8.07 Å². The molecule has 6 atom stereocenters. The van der Waals surface area contributed by atoms with Gasteiger partial charge in [0.2, 0.25) is 0 Å². The van der Waals surface area contributed by atoms with Gasteiger partial charge in [0.25, 0.3) is 0 Å². The first-order valence-electron chi connectivity index (χ1n) is 10.2. The smallest absolute Gasteiger partial charge is 0.358 e. The number of hydrogen-bond acceptors (Lipinski definition) is 0. The quantitative estimate of drug-likeness (QED) is 0.289. The van der Waals surface area contributed by atoms with Crippen LogP contribution >= 0.6 is 0 Å². The van der Waals surface area contributed by atoms with E-state index in [1.807, 2.05) is 0 Å². The van der Waals surface area contributed by atoms with Crippen molar-refractivity contribution in [2.24, 2.45) is 23.7 Å². The maximum absolute atomic E-state index is 2.83. The molecule has 6 unspecified atom stereocenters. The first-order chi connectivity index (χ1) is 10.2. The molecule has 26 heavy (non-hydrogen) atoms. The molecule has 0 aromatic carbocycles. The van der Waals surface area contributed by atoms with E-state index in [0.717, 1.165) is 11.8 Å². The molecule has 152 valence electrons. The van der Waals surface area contributed by atoms with E-state index >= 15 is 0 Å². The van der Waals surface area contributed by atoms with Gasteiger partial charge in [-0.15, -0.1) is 0 Å². The van der Waals surface area contributed by atoms with Crippen molar-refractivity contribution in [2.45, 2.75) is 101 Å². The Morgan fingerprint density at radius 3 is 1.23 bits per heavy atom. The minimum atomic E-state index is -1.05. The van der Waals surface area contributed by atoms with Gasteiger partial charge in [0.1, 0.15) is 0 Å². The predicted molar refractivity (Wildman–Crippen MR) is 120 cm³/mol. The van der Waals surface area contributed by atoms with Crippen LogP contribution in [0.2, 0.25) is 24.2 Å². The van der Waals surface area contributed by atoms with Crippen molar-refractivity contribution in [1.82, 2.24) is 0 Å². The van der Waals surface area contributed by atoms with Crippen molar-refractivity contribution in [3.05, 3.63) is 29.7 Å². The van der Waals surface area contributed by atoms with E-state index in [1.54, 1.807) is 77.0 Å². The average Bonchev–Trinajstić information content (AvgIpc) is 3.12. The fourth-order valence-electron chi connectivity index (χ4n) is 7.59. The molecule has 0 bridgehead atoms. The molecule has 0 aliphatic heterocycles. The fraction of sp³-hybridized carbons (Fsp3) is 0.833. The van der Waals surface area contributed by atoms with Crippen LogP contribution < -0.4 is 0 Å². The van der Waals surface area contributed by atoms with E-state index < -0.39 is 8.07 Å². The van der Waals surface area contributed by atoms with Crippen LogP contribution in [0, 0.1) is 53.4 Å². The first-order valence-corrected chi connectivity index (χ1v) is 13.3. The SMILES string of the molecule is C[Si](C)(C1CCC2CCCCC21)C1CCC2CCCCC21.[CH3-].[CH3-].[CH3-].[CH3-].[Zr+4]. The number of rotatable bonds is 2. The summed E-state index contributed by atoms with van der Waals surface area (Å²) < 4.78 is 0. The van der Waals surface area contributed by atoms with Crippen molar-refractivity contribution < 1.29 is 26.2 Å². The van der Waals surface area contributed by atoms with Gasteiger partial charge in [-0.1, -0.05) is 90.1 Å². The molecule has 2 heteroatoms. The Labute approximate surface area is 188 Å². The minimum Gasteiger partial charge on any atom is -0.358 e. The third-order valence-corrected chi connectivity index (χ3v) is 13.8. The molecule has 4 rings (SSSR count). The second kappa shape index (κ2) is 11.9. The Hall–Kier alpha value is 1.10. The molecule has 4 aliphatic carbocycles. The molecule has 0 amide bonds. The number of fused-ring (bicyclic) bond motifs is 2. The van der Waals surface area contributed by atoms with Gasteiger partial charge in [0.15, 0.2) is 0 Å². The molecule has 0 nitrogen and oxygen atoms in total. The normalized spacial score (nSPS) is 38.1. The summed E-state index contributed by atoms with van der Waals surface area (Å²) >= 11 is 0. The molecule has 4 aliphatic rings. The van der Waals surface area contributed by atoms with Gasteiger partial charge in [-0.2, -0.15) is 0 Å². The molecule has 4 fully saturated rings. The number of hydrogen-bond donors (Lipinski definition) is 0. The Kier molecular flexibility index (Phi) is 13.5. The Morgan fingerprint density at radius 2 is 0.846 bits per heavy atom. The van der Waals surface area contributed by atoms with Crippen molar-refractivity contribution in [2.75, 3.05) is 0 Å². The molecule has 0 spiro atoms. The minimum absolute atomic E-state index is 0. The van der Waals surface area contributed by atoms with E-state index in [9.17, 15) is 0 Å². The van der Waals surface area contributed by atoms with Crippen LogP contribution in [-0.2, 0) is 26.2 Å². The largest absolute Gasteiger partial charge is 4.00 e. The van der Waals surface area contributed by atoms with Gasteiger partial charge in [0, 0.05) is 0 Å². The summed E-state index contributed by atoms with van der Waals surface area (Å²) in [6.07, 6.45) is 19.0. The van der Waals surface area contributed by atoms with Crippen LogP contribution in [0.25, 0.3) is 0 Å². The molecule has 4 saturated carbocycles. The van der Waals surface area contributed by atoms with E-state index in [2.05, 4.69) is 13.1 Å². The maximum Gasteiger partial charge on any atom is 4.00 e. The van der Waals surface area contributed by atoms with Gasteiger partial charge in [-0.05, 0) is 34.8 Å². The van der Waals surface area contributed by atoms with Crippen LogP contribution in [0.1, 0.15) is 77.0 Å². The summed E-state index contributed by atoms with van der Waals surface area (Å²) in [6, 6.07) is 0. The van der Waals surface area contributed by atoms with Crippen LogP contribution in [0.3, 0.4) is 0 Å². The zero-order chi connectivity index (χ0) is 14.4. The molecule has 0 N–H and O–H groups in total. The molecular formula is C24H48SiZr. The standard InChI is InChI=1S/C20H36Si.4CH3.Zr/c1-21(2,19-13-11-15-7-3-5-9-17(15)19)20-14-12-16-8-4-6-10-18(16)20;;;;;/h15-20H,3-14H2,1-2H3;4*1H3;/q;4*-1;+4. The van der Waals surface area contributed by atoms with E-state index in [4.69, 9.17) is 0 Å². The summed E-state index contributed by atoms with van der Waals surface area (Å²) in [7, 11) is -1.05. The summed E-state index contributed by atoms with van der Waals surface area (Å²) in [5.41, 5.74) is 2.40. The summed E-state index contributed by atoms with van der Waals surface area (Å²) in [5.74, 6) is 4.64. The van der Waals surface area contributed by atoms with Crippen molar-refractivity contribution in [1.29, 1.82) is 0 Å². The monoisotopic (exact) mass is 454 g/mol. The molecule has 0 radical (unpaired) electrons.